The van der Waals surface area contributed by atoms with Crippen LogP contribution in [0.5, 0.6) is 0 Å². The van der Waals surface area contributed by atoms with Gasteiger partial charge in [-0.25, -0.2) is 0 Å². The summed E-state index contributed by atoms with van der Waals surface area (Å²) < 4.78 is 0.896. The van der Waals surface area contributed by atoms with Gasteiger partial charge in [0.15, 0.2) is 0 Å². The van der Waals surface area contributed by atoms with E-state index < -0.39 is 0 Å². The molecule has 0 spiro atoms. The van der Waals surface area contributed by atoms with Crippen LogP contribution in [0, 0.1) is 6.92 Å². The van der Waals surface area contributed by atoms with E-state index in [1.807, 2.05) is 30.0 Å². The number of likely N-dealkylation sites (tertiary alicyclic amines) is 1. The molecule has 0 aliphatic carbocycles. The van der Waals surface area contributed by atoms with E-state index in [9.17, 15) is 4.79 Å². The largest absolute Gasteiger partial charge is 0.334 e. The number of hydrogen-bond acceptors (Lipinski definition) is 2. The Hall–Kier alpha value is -0.870. The number of benzene rings is 1. The number of amides is 1. The highest BCUT2D eigenvalue weighted by atomic mass is 79.9. The first kappa shape index (κ1) is 12.6. The second-order valence-electron chi connectivity index (χ2n) is 4.47. The second-order valence-corrected chi connectivity index (χ2v) is 5.26. The second kappa shape index (κ2) is 5.19. The molecule has 1 amide bonds. The van der Waals surface area contributed by atoms with Gasteiger partial charge in [-0.3, -0.25) is 4.79 Å². The monoisotopic (exact) mass is 296 g/mol. The SMILES string of the molecule is Cc1cccc(C(=O)N2CCCC2CN)c1Br. The normalized spacial score (nSPS) is 19.7. The maximum atomic E-state index is 12.4. The molecule has 17 heavy (non-hydrogen) atoms. The van der Waals surface area contributed by atoms with Gasteiger partial charge in [-0.2, -0.15) is 0 Å². The number of rotatable bonds is 2. The van der Waals surface area contributed by atoms with Crippen LogP contribution in [0.15, 0.2) is 22.7 Å². The van der Waals surface area contributed by atoms with Gasteiger partial charge in [-0.05, 0) is 47.3 Å². The fraction of sp³-hybridized carbons (Fsp3) is 0.462. The first-order valence-electron chi connectivity index (χ1n) is 5.91. The van der Waals surface area contributed by atoms with Crippen LogP contribution < -0.4 is 5.73 Å². The third-order valence-electron chi connectivity index (χ3n) is 3.33. The Labute approximate surface area is 110 Å². The predicted molar refractivity (Wildman–Crippen MR) is 72.0 cm³/mol. The number of carbonyl (C=O) groups excluding carboxylic acids is 1. The molecule has 4 heteroatoms. The highest BCUT2D eigenvalue weighted by Gasteiger charge is 2.29. The molecule has 1 aliphatic rings. The number of hydrogen-bond donors (Lipinski definition) is 1. The van der Waals surface area contributed by atoms with Crippen molar-refractivity contribution in [1.29, 1.82) is 0 Å². The van der Waals surface area contributed by atoms with E-state index in [-0.39, 0.29) is 11.9 Å². The summed E-state index contributed by atoms with van der Waals surface area (Å²) in [6.45, 7) is 3.36. The molecular weight excluding hydrogens is 280 g/mol. The average molecular weight is 297 g/mol. The summed E-state index contributed by atoms with van der Waals surface area (Å²) in [4.78, 5) is 14.3. The minimum Gasteiger partial charge on any atom is -0.334 e. The lowest BCUT2D eigenvalue weighted by Crippen LogP contribution is -2.40. The quantitative estimate of drug-likeness (QED) is 0.910. The minimum atomic E-state index is 0.0912. The molecule has 2 rings (SSSR count). The average Bonchev–Trinajstić information content (AvgIpc) is 2.80. The van der Waals surface area contributed by atoms with Crippen LogP contribution in [0.2, 0.25) is 0 Å². The lowest BCUT2D eigenvalue weighted by Gasteiger charge is -2.24. The molecule has 1 heterocycles. The molecule has 1 fully saturated rings. The van der Waals surface area contributed by atoms with Crippen molar-refractivity contribution in [3.63, 3.8) is 0 Å². The number of halogens is 1. The maximum absolute atomic E-state index is 12.4. The van der Waals surface area contributed by atoms with Crippen molar-refractivity contribution in [2.75, 3.05) is 13.1 Å². The Balaban J connectivity index is 2.28. The van der Waals surface area contributed by atoms with Crippen molar-refractivity contribution in [1.82, 2.24) is 4.90 Å². The Morgan fingerprint density at radius 2 is 2.35 bits per heavy atom. The van der Waals surface area contributed by atoms with Crippen LogP contribution in [0.3, 0.4) is 0 Å². The minimum absolute atomic E-state index is 0.0912. The lowest BCUT2D eigenvalue weighted by molar-refractivity contribution is 0.0740. The fourth-order valence-corrected chi connectivity index (χ4v) is 2.75. The molecule has 1 aromatic carbocycles. The van der Waals surface area contributed by atoms with E-state index in [1.165, 1.54) is 0 Å². The van der Waals surface area contributed by atoms with E-state index in [4.69, 9.17) is 5.73 Å². The Kier molecular flexibility index (Phi) is 3.84. The Bertz CT molecular complexity index is 433. The third kappa shape index (κ3) is 2.38. The zero-order chi connectivity index (χ0) is 12.4. The standard InChI is InChI=1S/C13H17BrN2O/c1-9-4-2-6-11(12(9)14)13(17)16-7-3-5-10(16)8-15/h2,4,6,10H,3,5,7-8,15H2,1H3. The molecule has 92 valence electrons. The van der Waals surface area contributed by atoms with Gasteiger partial charge in [0.2, 0.25) is 0 Å². The molecule has 1 atom stereocenters. The van der Waals surface area contributed by atoms with Crippen LogP contribution >= 0.6 is 15.9 Å². The van der Waals surface area contributed by atoms with Crippen molar-refractivity contribution in [3.05, 3.63) is 33.8 Å². The lowest BCUT2D eigenvalue weighted by atomic mass is 10.1. The van der Waals surface area contributed by atoms with Gasteiger partial charge in [-0.15, -0.1) is 0 Å². The molecule has 1 unspecified atom stereocenters. The van der Waals surface area contributed by atoms with Gasteiger partial charge in [-0.1, -0.05) is 12.1 Å². The number of nitrogens with two attached hydrogens (primary N) is 1. The van der Waals surface area contributed by atoms with E-state index in [0.717, 1.165) is 35.0 Å². The molecule has 2 N–H and O–H groups in total. The molecule has 0 bridgehead atoms. The van der Waals surface area contributed by atoms with Gasteiger partial charge in [0, 0.05) is 23.6 Å². The topological polar surface area (TPSA) is 46.3 Å². The number of carbonyl (C=O) groups is 1. The van der Waals surface area contributed by atoms with E-state index in [0.29, 0.717) is 6.54 Å². The van der Waals surface area contributed by atoms with Gasteiger partial charge >= 0.3 is 0 Å². The third-order valence-corrected chi connectivity index (χ3v) is 4.38. The summed E-state index contributed by atoms with van der Waals surface area (Å²) in [6.07, 6.45) is 2.07. The highest BCUT2D eigenvalue weighted by Crippen LogP contribution is 2.25. The molecule has 0 aromatic heterocycles. The summed E-state index contributed by atoms with van der Waals surface area (Å²) in [5.41, 5.74) is 7.53. The summed E-state index contributed by atoms with van der Waals surface area (Å²) in [7, 11) is 0. The Morgan fingerprint density at radius 3 is 3.06 bits per heavy atom. The zero-order valence-corrected chi connectivity index (χ0v) is 11.5. The summed E-state index contributed by atoms with van der Waals surface area (Å²) in [5, 5.41) is 0. The molecule has 1 aliphatic heterocycles. The number of nitrogens with zero attached hydrogens (tertiary/aromatic N) is 1. The van der Waals surface area contributed by atoms with Gasteiger partial charge < -0.3 is 10.6 Å². The van der Waals surface area contributed by atoms with Crippen LogP contribution in [0.25, 0.3) is 0 Å². The molecule has 1 aromatic rings. The summed E-state index contributed by atoms with van der Waals surface area (Å²) >= 11 is 3.49. The fourth-order valence-electron chi connectivity index (χ4n) is 2.32. The molecule has 1 saturated heterocycles. The van der Waals surface area contributed by atoms with Crippen molar-refractivity contribution >= 4 is 21.8 Å². The van der Waals surface area contributed by atoms with E-state index >= 15 is 0 Å². The van der Waals surface area contributed by atoms with Crippen LogP contribution in [-0.4, -0.2) is 29.9 Å². The van der Waals surface area contributed by atoms with Gasteiger partial charge in [0.05, 0.1) is 5.56 Å². The van der Waals surface area contributed by atoms with Crippen molar-refractivity contribution in [2.24, 2.45) is 5.73 Å². The molecule has 0 saturated carbocycles. The van der Waals surface area contributed by atoms with Crippen molar-refractivity contribution in [3.8, 4) is 0 Å². The molecule has 0 radical (unpaired) electrons. The molecular formula is C13H17BrN2O. The first-order valence-corrected chi connectivity index (χ1v) is 6.70. The van der Waals surface area contributed by atoms with Crippen LogP contribution in [0.4, 0.5) is 0 Å². The maximum Gasteiger partial charge on any atom is 0.255 e. The Morgan fingerprint density at radius 1 is 1.59 bits per heavy atom. The van der Waals surface area contributed by atoms with Crippen molar-refractivity contribution < 1.29 is 4.79 Å². The van der Waals surface area contributed by atoms with Gasteiger partial charge in [0.1, 0.15) is 0 Å². The number of aryl methyl sites for hydroxylation is 1. The van der Waals surface area contributed by atoms with Gasteiger partial charge in [0.25, 0.3) is 5.91 Å². The van der Waals surface area contributed by atoms with Crippen LogP contribution in [0.1, 0.15) is 28.8 Å². The summed E-state index contributed by atoms with van der Waals surface area (Å²) in [6, 6.07) is 5.98. The smallest absolute Gasteiger partial charge is 0.255 e. The highest BCUT2D eigenvalue weighted by molar-refractivity contribution is 9.10. The predicted octanol–water partition coefficient (Wildman–Crippen LogP) is 2.32. The first-order chi connectivity index (χ1) is 8.15. The van der Waals surface area contributed by atoms with Crippen LogP contribution in [-0.2, 0) is 0 Å². The van der Waals surface area contributed by atoms with Crippen molar-refractivity contribution in [2.45, 2.75) is 25.8 Å². The van der Waals surface area contributed by atoms with E-state index in [2.05, 4.69) is 15.9 Å². The zero-order valence-electron chi connectivity index (χ0n) is 9.95. The van der Waals surface area contributed by atoms with E-state index in [1.54, 1.807) is 0 Å². The summed E-state index contributed by atoms with van der Waals surface area (Å²) in [5.74, 6) is 0.0912. The molecule has 3 nitrogen and oxygen atoms in total.